The Kier molecular flexibility index (Phi) is 4.11. The second-order valence-electron chi connectivity index (χ2n) is 5.84. The van der Waals surface area contributed by atoms with Crippen molar-refractivity contribution in [1.29, 1.82) is 0 Å². The molecular formula is C15H28. The highest BCUT2D eigenvalue weighted by Crippen LogP contribution is 2.58. The Morgan fingerprint density at radius 2 is 1.60 bits per heavy atom. The molecule has 0 aliphatic heterocycles. The maximum atomic E-state index is 2.41. The Morgan fingerprint density at radius 3 is 2.27 bits per heavy atom. The first-order valence-electron chi connectivity index (χ1n) is 7.38. The SMILES string of the molecule is CCCCCCC1C(CC)C2CCCC12. The standard InChI is InChI=1S/C15H28/c1-3-5-6-7-9-13-12(4-2)14-10-8-11-15(13)14/h12-15H,3-11H2,1-2H3. The summed E-state index contributed by atoms with van der Waals surface area (Å²) in [5.74, 6) is 4.58. The molecule has 4 unspecified atom stereocenters. The molecule has 0 aromatic rings. The van der Waals surface area contributed by atoms with E-state index in [-0.39, 0.29) is 0 Å². The summed E-state index contributed by atoms with van der Waals surface area (Å²) in [6.07, 6.45) is 13.5. The summed E-state index contributed by atoms with van der Waals surface area (Å²) in [5, 5.41) is 0. The molecule has 2 fully saturated rings. The van der Waals surface area contributed by atoms with E-state index in [0.29, 0.717) is 0 Å². The number of rotatable bonds is 6. The third-order valence-corrected chi connectivity index (χ3v) is 5.14. The predicted molar refractivity (Wildman–Crippen MR) is 66.9 cm³/mol. The molecule has 0 heterocycles. The van der Waals surface area contributed by atoms with Crippen LogP contribution in [0.25, 0.3) is 0 Å². The van der Waals surface area contributed by atoms with Crippen molar-refractivity contribution in [1.82, 2.24) is 0 Å². The van der Waals surface area contributed by atoms with Gasteiger partial charge in [-0.3, -0.25) is 0 Å². The molecule has 0 saturated heterocycles. The van der Waals surface area contributed by atoms with Crippen molar-refractivity contribution in [2.24, 2.45) is 23.7 Å². The first-order valence-corrected chi connectivity index (χ1v) is 7.38. The van der Waals surface area contributed by atoms with Gasteiger partial charge in [-0.15, -0.1) is 0 Å². The van der Waals surface area contributed by atoms with Gasteiger partial charge >= 0.3 is 0 Å². The maximum absolute atomic E-state index is 2.41. The molecular weight excluding hydrogens is 180 g/mol. The van der Waals surface area contributed by atoms with Gasteiger partial charge in [0, 0.05) is 0 Å². The van der Waals surface area contributed by atoms with Crippen LogP contribution in [0.2, 0.25) is 0 Å². The molecule has 4 atom stereocenters. The summed E-state index contributed by atoms with van der Waals surface area (Å²) < 4.78 is 0. The molecule has 0 nitrogen and oxygen atoms in total. The van der Waals surface area contributed by atoms with Gasteiger partial charge in [0.05, 0.1) is 0 Å². The van der Waals surface area contributed by atoms with Gasteiger partial charge in [-0.25, -0.2) is 0 Å². The summed E-state index contributed by atoms with van der Waals surface area (Å²) in [5.41, 5.74) is 0. The fourth-order valence-electron chi connectivity index (χ4n) is 4.41. The summed E-state index contributed by atoms with van der Waals surface area (Å²) in [7, 11) is 0. The molecule has 2 aliphatic carbocycles. The molecule has 0 radical (unpaired) electrons. The second kappa shape index (κ2) is 5.37. The van der Waals surface area contributed by atoms with Crippen LogP contribution in [0.3, 0.4) is 0 Å². The predicted octanol–water partition coefficient (Wildman–Crippen LogP) is 5.03. The average molecular weight is 208 g/mol. The number of hydrogen-bond donors (Lipinski definition) is 0. The van der Waals surface area contributed by atoms with E-state index in [2.05, 4.69) is 13.8 Å². The first-order chi connectivity index (χ1) is 7.38. The van der Waals surface area contributed by atoms with E-state index in [4.69, 9.17) is 0 Å². The zero-order valence-electron chi connectivity index (χ0n) is 10.7. The van der Waals surface area contributed by atoms with Crippen molar-refractivity contribution in [3.63, 3.8) is 0 Å². The maximum Gasteiger partial charge on any atom is -0.0352 e. The van der Waals surface area contributed by atoms with Crippen LogP contribution in [0, 0.1) is 23.7 Å². The normalized spacial score (nSPS) is 38.8. The van der Waals surface area contributed by atoms with Gasteiger partial charge < -0.3 is 0 Å². The quantitative estimate of drug-likeness (QED) is 0.537. The van der Waals surface area contributed by atoms with Gasteiger partial charge in [0.25, 0.3) is 0 Å². The Hall–Kier alpha value is 0. The molecule has 2 rings (SSSR count). The van der Waals surface area contributed by atoms with Crippen LogP contribution in [-0.4, -0.2) is 0 Å². The molecule has 2 aliphatic rings. The Bertz CT molecular complexity index is 184. The zero-order valence-corrected chi connectivity index (χ0v) is 10.7. The Morgan fingerprint density at radius 1 is 0.867 bits per heavy atom. The third-order valence-electron chi connectivity index (χ3n) is 5.14. The minimum Gasteiger partial charge on any atom is -0.0654 e. The molecule has 0 aromatic heterocycles. The average Bonchev–Trinajstić information content (AvgIpc) is 2.63. The van der Waals surface area contributed by atoms with E-state index in [1.54, 1.807) is 19.3 Å². The molecule has 15 heavy (non-hydrogen) atoms. The van der Waals surface area contributed by atoms with E-state index in [9.17, 15) is 0 Å². The highest BCUT2D eigenvalue weighted by atomic mass is 14.5. The largest absolute Gasteiger partial charge is 0.0654 e. The number of hydrogen-bond acceptors (Lipinski definition) is 0. The van der Waals surface area contributed by atoms with Gasteiger partial charge in [0.2, 0.25) is 0 Å². The van der Waals surface area contributed by atoms with E-state index in [0.717, 1.165) is 23.7 Å². The minimum absolute atomic E-state index is 1.12. The van der Waals surface area contributed by atoms with Crippen LogP contribution in [0.1, 0.15) is 71.6 Å². The summed E-state index contributed by atoms with van der Waals surface area (Å²) >= 11 is 0. The monoisotopic (exact) mass is 208 g/mol. The lowest BCUT2D eigenvalue weighted by atomic mass is 9.56. The molecule has 0 N–H and O–H groups in total. The third kappa shape index (κ3) is 2.24. The molecule has 0 spiro atoms. The Balaban J connectivity index is 1.71. The van der Waals surface area contributed by atoms with Crippen LogP contribution < -0.4 is 0 Å². The van der Waals surface area contributed by atoms with Crippen LogP contribution in [-0.2, 0) is 0 Å². The van der Waals surface area contributed by atoms with Crippen molar-refractivity contribution in [3.05, 3.63) is 0 Å². The molecule has 0 amide bonds. The molecule has 0 aromatic carbocycles. The highest BCUT2D eigenvalue weighted by molar-refractivity contribution is 4.99. The molecule has 88 valence electrons. The summed E-state index contributed by atoms with van der Waals surface area (Å²) in [4.78, 5) is 0. The van der Waals surface area contributed by atoms with Gasteiger partial charge in [0.15, 0.2) is 0 Å². The fourth-order valence-corrected chi connectivity index (χ4v) is 4.41. The van der Waals surface area contributed by atoms with E-state index < -0.39 is 0 Å². The number of fused-ring (bicyclic) bond motifs is 1. The van der Waals surface area contributed by atoms with E-state index in [1.165, 1.54) is 38.5 Å². The van der Waals surface area contributed by atoms with Crippen molar-refractivity contribution >= 4 is 0 Å². The Labute approximate surface area is 95.8 Å². The van der Waals surface area contributed by atoms with Crippen LogP contribution >= 0.6 is 0 Å². The summed E-state index contributed by atoms with van der Waals surface area (Å²) in [6, 6.07) is 0. The van der Waals surface area contributed by atoms with Gasteiger partial charge in [0.1, 0.15) is 0 Å². The zero-order chi connectivity index (χ0) is 10.7. The van der Waals surface area contributed by atoms with Crippen molar-refractivity contribution < 1.29 is 0 Å². The minimum atomic E-state index is 1.12. The topological polar surface area (TPSA) is 0 Å². The van der Waals surface area contributed by atoms with Gasteiger partial charge in [-0.2, -0.15) is 0 Å². The van der Waals surface area contributed by atoms with Gasteiger partial charge in [-0.1, -0.05) is 52.4 Å². The van der Waals surface area contributed by atoms with Gasteiger partial charge in [-0.05, 0) is 42.9 Å². The molecule has 0 heteroatoms. The molecule has 0 bridgehead atoms. The summed E-state index contributed by atoms with van der Waals surface area (Å²) in [6.45, 7) is 4.73. The van der Waals surface area contributed by atoms with Crippen LogP contribution in [0.4, 0.5) is 0 Å². The highest BCUT2D eigenvalue weighted by Gasteiger charge is 2.50. The van der Waals surface area contributed by atoms with Crippen LogP contribution in [0.5, 0.6) is 0 Å². The van der Waals surface area contributed by atoms with Crippen molar-refractivity contribution in [3.8, 4) is 0 Å². The molecule has 2 saturated carbocycles. The lowest BCUT2D eigenvalue weighted by Crippen LogP contribution is -2.43. The lowest BCUT2D eigenvalue weighted by molar-refractivity contribution is -0.00775. The van der Waals surface area contributed by atoms with E-state index in [1.807, 2.05) is 0 Å². The second-order valence-corrected chi connectivity index (χ2v) is 5.84. The van der Waals surface area contributed by atoms with Crippen LogP contribution in [0.15, 0.2) is 0 Å². The lowest BCUT2D eigenvalue weighted by Gasteiger charge is -2.49. The van der Waals surface area contributed by atoms with Crippen molar-refractivity contribution in [2.75, 3.05) is 0 Å². The smallest absolute Gasteiger partial charge is 0.0352 e. The number of unbranched alkanes of at least 4 members (excludes halogenated alkanes) is 3. The van der Waals surface area contributed by atoms with E-state index >= 15 is 0 Å². The first kappa shape index (κ1) is 11.5. The fraction of sp³-hybridized carbons (Fsp3) is 1.00. The van der Waals surface area contributed by atoms with Crippen molar-refractivity contribution in [2.45, 2.75) is 71.6 Å².